The molecule has 0 atom stereocenters. The van der Waals surface area contributed by atoms with Crippen molar-refractivity contribution in [2.75, 3.05) is 26.3 Å². The monoisotopic (exact) mass is 272 g/mol. The van der Waals surface area contributed by atoms with E-state index < -0.39 is 5.79 Å². The molecule has 2 saturated heterocycles. The van der Waals surface area contributed by atoms with Crippen molar-refractivity contribution in [3.05, 3.63) is 35.4 Å². The Balaban J connectivity index is 1.65. The van der Waals surface area contributed by atoms with Crippen molar-refractivity contribution in [3.63, 3.8) is 0 Å². The Bertz CT molecular complexity index is 531. The average Bonchev–Trinajstić information content (AvgIpc) is 2.96. The summed E-state index contributed by atoms with van der Waals surface area (Å²) in [5.74, 6) is -0.455. The van der Waals surface area contributed by atoms with Gasteiger partial charge in [-0.05, 0) is 24.3 Å². The Labute approximate surface area is 117 Å². The van der Waals surface area contributed by atoms with Crippen LogP contribution >= 0.6 is 0 Å². The van der Waals surface area contributed by atoms with Gasteiger partial charge in [-0.2, -0.15) is 5.26 Å². The molecule has 2 aliphatic heterocycles. The second kappa shape index (κ2) is 5.23. The third-order valence-corrected chi connectivity index (χ3v) is 3.89. The molecule has 0 bridgehead atoms. The Morgan fingerprint density at radius 1 is 1.15 bits per heavy atom. The number of benzene rings is 1. The van der Waals surface area contributed by atoms with Crippen molar-refractivity contribution < 1.29 is 14.3 Å². The molecule has 2 heterocycles. The topological polar surface area (TPSA) is 62.6 Å². The molecule has 1 aromatic carbocycles. The van der Waals surface area contributed by atoms with Crippen LogP contribution in [0, 0.1) is 11.3 Å². The van der Waals surface area contributed by atoms with Crippen LogP contribution in [0.15, 0.2) is 24.3 Å². The van der Waals surface area contributed by atoms with E-state index in [1.807, 2.05) is 11.0 Å². The molecular weight excluding hydrogens is 256 g/mol. The molecule has 3 rings (SSSR count). The number of hydrogen-bond donors (Lipinski definition) is 0. The van der Waals surface area contributed by atoms with Gasteiger partial charge in [0.25, 0.3) is 5.91 Å². The Morgan fingerprint density at radius 3 is 2.30 bits per heavy atom. The zero-order valence-corrected chi connectivity index (χ0v) is 11.2. The predicted octanol–water partition coefficient (Wildman–Crippen LogP) is 1.54. The molecule has 2 fully saturated rings. The molecule has 20 heavy (non-hydrogen) atoms. The standard InChI is InChI=1S/C15H16N2O3/c16-11-12-1-3-13(4-2-12)14(18)17-7-5-15(6-8-17)19-9-10-20-15/h1-4H,5-10H2. The first-order valence-corrected chi connectivity index (χ1v) is 6.80. The van der Waals surface area contributed by atoms with E-state index in [2.05, 4.69) is 0 Å². The third kappa shape index (κ3) is 2.40. The molecule has 5 nitrogen and oxygen atoms in total. The number of hydrogen-bond acceptors (Lipinski definition) is 4. The number of nitrogens with zero attached hydrogens (tertiary/aromatic N) is 2. The van der Waals surface area contributed by atoms with Crippen LogP contribution in [0.25, 0.3) is 0 Å². The van der Waals surface area contributed by atoms with E-state index >= 15 is 0 Å². The number of likely N-dealkylation sites (tertiary alicyclic amines) is 1. The minimum Gasteiger partial charge on any atom is -0.347 e. The van der Waals surface area contributed by atoms with Crippen LogP contribution in [0.5, 0.6) is 0 Å². The van der Waals surface area contributed by atoms with E-state index in [1.165, 1.54) is 0 Å². The van der Waals surface area contributed by atoms with Crippen LogP contribution in [0.1, 0.15) is 28.8 Å². The van der Waals surface area contributed by atoms with Crippen LogP contribution in [0.3, 0.4) is 0 Å². The molecule has 0 aliphatic carbocycles. The van der Waals surface area contributed by atoms with Gasteiger partial charge in [0, 0.05) is 31.5 Å². The van der Waals surface area contributed by atoms with Crippen molar-refractivity contribution in [1.29, 1.82) is 5.26 Å². The summed E-state index contributed by atoms with van der Waals surface area (Å²) in [6.45, 7) is 2.56. The van der Waals surface area contributed by atoms with Crippen molar-refractivity contribution >= 4 is 5.91 Å². The van der Waals surface area contributed by atoms with Crippen molar-refractivity contribution in [2.45, 2.75) is 18.6 Å². The van der Waals surface area contributed by atoms with E-state index in [9.17, 15) is 4.79 Å². The lowest BCUT2D eigenvalue weighted by Gasteiger charge is -2.37. The summed E-state index contributed by atoms with van der Waals surface area (Å²) < 4.78 is 11.3. The summed E-state index contributed by atoms with van der Waals surface area (Å²) in [5.41, 5.74) is 1.18. The second-order valence-electron chi connectivity index (χ2n) is 5.09. The lowest BCUT2D eigenvalue weighted by molar-refractivity contribution is -0.181. The second-order valence-corrected chi connectivity index (χ2v) is 5.09. The normalized spacial score (nSPS) is 20.9. The predicted molar refractivity (Wildman–Crippen MR) is 70.9 cm³/mol. The van der Waals surface area contributed by atoms with E-state index in [0.717, 1.165) is 12.8 Å². The van der Waals surface area contributed by atoms with Crippen LogP contribution in [-0.4, -0.2) is 42.9 Å². The fourth-order valence-corrected chi connectivity index (χ4v) is 2.71. The van der Waals surface area contributed by atoms with Gasteiger partial charge in [0.05, 0.1) is 24.8 Å². The summed E-state index contributed by atoms with van der Waals surface area (Å²) in [6.07, 6.45) is 1.43. The molecule has 0 aromatic heterocycles. The van der Waals surface area contributed by atoms with E-state index in [4.69, 9.17) is 14.7 Å². The SMILES string of the molecule is N#Cc1ccc(C(=O)N2CCC3(CC2)OCCO3)cc1. The summed E-state index contributed by atoms with van der Waals surface area (Å²) >= 11 is 0. The van der Waals surface area contributed by atoms with Gasteiger partial charge in [0.2, 0.25) is 0 Å². The van der Waals surface area contributed by atoms with E-state index in [1.54, 1.807) is 24.3 Å². The minimum atomic E-state index is -0.457. The minimum absolute atomic E-state index is 0.00216. The summed E-state index contributed by atoms with van der Waals surface area (Å²) in [6, 6.07) is 8.79. The van der Waals surface area contributed by atoms with Crippen LogP contribution < -0.4 is 0 Å². The quantitative estimate of drug-likeness (QED) is 0.778. The van der Waals surface area contributed by atoms with Gasteiger partial charge in [0.15, 0.2) is 5.79 Å². The molecule has 0 radical (unpaired) electrons. The van der Waals surface area contributed by atoms with Crippen LogP contribution in [0.4, 0.5) is 0 Å². The van der Waals surface area contributed by atoms with Crippen LogP contribution in [0.2, 0.25) is 0 Å². The summed E-state index contributed by atoms with van der Waals surface area (Å²) in [7, 11) is 0. The molecule has 1 spiro atoms. The van der Waals surface area contributed by atoms with Gasteiger partial charge >= 0.3 is 0 Å². The molecule has 2 aliphatic rings. The number of rotatable bonds is 1. The van der Waals surface area contributed by atoms with Gasteiger partial charge in [-0.3, -0.25) is 4.79 Å². The molecule has 0 saturated carbocycles. The average molecular weight is 272 g/mol. The molecule has 0 unspecified atom stereocenters. The highest BCUT2D eigenvalue weighted by Crippen LogP contribution is 2.31. The number of amides is 1. The molecule has 1 aromatic rings. The van der Waals surface area contributed by atoms with E-state index in [0.29, 0.717) is 37.4 Å². The zero-order valence-electron chi connectivity index (χ0n) is 11.2. The number of ether oxygens (including phenoxy) is 2. The number of carbonyl (C=O) groups excluding carboxylic acids is 1. The highest BCUT2D eigenvalue weighted by molar-refractivity contribution is 5.94. The zero-order chi connectivity index (χ0) is 14.0. The first-order valence-electron chi connectivity index (χ1n) is 6.80. The molecular formula is C15H16N2O3. The Morgan fingerprint density at radius 2 is 1.75 bits per heavy atom. The summed E-state index contributed by atoms with van der Waals surface area (Å²) in [5, 5.41) is 8.76. The number of piperidine rings is 1. The maximum absolute atomic E-state index is 12.4. The fourth-order valence-electron chi connectivity index (χ4n) is 2.71. The Kier molecular flexibility index (Phi) is 3.43. The van der Waals surface area contributed by atoms with Gasteiger partial charge in [0.1, 0.15) is 0 Å². The van der Waals surface area contributed by atoms with E-state index in [-0.39, 0.29) is 5.91 Å². The van der Waals surface area contributed by atoms with Gasteiger partial charge < -0.3 is 14.4 Å². The smallest absolute Gasteiger partial charge is 0.253 e. The molecule has 5 heteroatoms. The fraction of sp³-hybridized carbons (Fsp3) is 0.467. The summed E-state index contributed by atoms with van der Waals surface area (Å²) in [4.78, 5) is 14.2. The van der Waals surface area contributed by atoms with Crippen molar-refractivity contribution in [3.8, 4) is 6.07 Å². The third-order valence-electron chi connectivity index (χ3n) is 3.89. The number of nitriles is 1. The first kappa shape index (κ1) is 13.1. The van der Waals surface area contributed by atoms with Gasteiger partial charge in [-0.25, -0.2) is 0 Å². The highest BCUT2D eigenvalue weighted by Gasteiger charge is 2.40. The largest absolute Gasteiger partial charge is 0.347 e. The maximum atomic E-state index is 12.4. The van der Waals surface area contributed by atoms with Gasteiger partial charge in [-0.1, -0.05) is 0 Å². The maximum Gasteiger partial charge on any atom is 0.253 e. The highest BCUT2D eigenvalue weighted by atomic mass is 16.7. The molecule has 0 N–H and O–H groups in total. The van der Waals surface area contributed by atoms with Crippen molar-refractivity contribution in [1.82, 2.24) is 4.90 Å². The number of carbonyl (C=O) groups is 1. The lowest BCUT2D eigenvalue weighted by atomic mass is 10.0. The van der Waals surface area contributed by atoms with Crippen molar-refractivity contribution in [2.24, 2.45) is 0 Å². The Hall–Kier alpha value is -1.90. The lowest BCUT2D eigenvalue weighted by Crippen LogP contribution is -2.47. The van der Waals surface area contributed by atoms with Crippen LogP contribution in [-0.2, 0) is 9.47 Å². The molecule has 104 valence electrons. The molecule has 1 amide bonds. The first-order chi connectivity index (χ1) is 9.72. The van der Waals surface area contributed by atoms with Gasteiger partial charge in [-0.15, -0.1) is 0 Å².